The number of piperazine rings is 1. The maximum absolute atomic E-state index is 12.3. The van der Waals surface area contributed by atoms with E-state index in [1.807, 2.05) is 25.1 Å². The minimum Gasteiger partial charge on any atom is -0.369 e. The Balaban J connectivity index is 1.51. The van der Waals surface area contributed by atoms with E-state index in [-0.39, 0.29) is 5.91 Å². The van der Waals surface area contributed by atoms with Gasteiger partial charge in [-0.25, -0.2) is 0 Å². The zero-order valence-electron chi connectivity index (χ0n) is 15.7. The number of nitrogens with one attached hydrogen (secondary N) is 1. The van der Waals surface area contributed by atoms with Crippen molar-refractivity contribution in [3.63, 3.8) is 0 Å². The van der Waals surface area contributed by atoms with Gasteiger partial charge in [0, 0.05) is 42.0 Å². The Morgan fingerprint density at radius 3 is 2.38 bits per heavy atom. The first-order chi connectivity index (χ1) is 12.4. The number of hydrogen-bond acceptors (Lipinski definition) is 3. The zero-order valence-corrected chi connectivity index (χ0v) is 17.3. The number of carbonyl (C=O) groups is 1. The third kappa shape index (κ3) is 4.65. The van der Waals surface area contributed by atoms with Crippen LogP contribution < -0.4 is 10.2 Å². The van der Waals surface area contributed by atoms with Crippen molar-refractivity contribution >= 4 is 33.2 Å². The van der Waals surface area contributed by atoms with Crippen molar-refractivity contribution in [1.82, 2.24) is 4.90 Å². The normalized spacial score (nSPS) is 15.2. The van der Waals surface area contributed by atoms with Crippen molar-refractivity contribution in [1.29, 1.82) is 0 Å². The molecule has 0 radical (unpaired) electrons. The van der Waals surface area contributed by atoms with E-state index in [1.54, 1.807) is 0 Å². The molecule has 1 aliphatic rings. The van der Waals surface area contributed by atoms with E-state index in [9.17, 15) is 4.79 Å². The van der Waals surface area contributed by atoms with Crippen LogP contribution in [0.1, 0.15) is 16.7 Å². The van der Waals surface area contributed by atoms with E-state index < -0.39 is 0 Å². The SMILES string of the molecule is Cc1ccc(N2CCN(CC(=O)Nc3ccc(Br)c(C)c3)CC2)c(C)c1. The molecular formula is C21H26BrN3O. The minimum absolute atomic E-state index is 0.0479. The van der Waals surface area contributed by atoms with E-state index in [0.717, 1.165) is 41.9 Å². The molecule has 26 heavy (non-hydrogen) atoms. The lowest BCUT2D eigenvalue weighted by molar-refractivity contribution is -0.117. The van der Waals surface area contributed by atoms with Gasteiger partial charge in [-0.15, -0.1) is 0 Å². The molecule has 0 saturated carbocycles. The Labute approximate surface area is 164 Å². The van der Waals surface area contributed by atoms with Crippen molar-refractivity contribution in [3.05, 3.63) is 57.6 Å². The number of carbonyl (C=O) groups excluding carboxylic acids is 1. The van der Waals surface area contributed by atoms with Crippen molar-refractivity contribution in [2.75, 3.05) is 42.9 Å². The molecular weight excluding hydrogens is 390 g/mol. The van der Waals surface area contributed by atoms with Crippen LogP contribution in [-0.4, -0.2) is 43.5 Å². The average Bonchev–Trinajstić information content (AvgIpc) is 2.59. The lowest BCUT2D eigenvalue weighted by Crippen LogP contribution is -2.48. The predicted octanol–water partition coefficient (Wildman–Crippen LogP) is 4.14. The predicted molar refractivity (Wildman–Crippen MR) is 112 cm³/mol. The van der Waals surface area contributed by atoms with Gasteiger partial charge in [0.05, 0.1) is 6.54 Å². The highest BCUT2D eigenvalue weighted by atomic mass is 79.9. The summed E-state index contributed by atoms with van der Waals surface area (Å²) in [6, 6.07) is 12.5. The van der Waals surface area contributed by atoms with Crippen LogP contribution in [0, 0.1) is 20.8 Å². The summed E-state index contributed by atoms with van der Waals surface area (Å²) >= 11 is 3.48. The Hall–Kier alpha value is -1.85. The van der Waals surface area contributed by atoms with E-state index in [2.05, 4.69) is 63.1 Å². The topological polar surface area (TPSA) is 35.6 Å². The number of rotatable bonds is 4. The molecule has 0 aromatic heterocycles. The van der Waals surface area contributed by atoms with Gasteiger partial charge in [0.1, 0.15) is 0 Å². The fraction of sp³-hybridized carbons (Fsp3) is 0.381. The smallest absolute Gasteiger partial charge is 0.238 e. The monoisotopic (exact) mass is 415 g/mol. The van der Waals surface area contributed by atoms with Crippen LogP contribution in [-0.2, 0) is 4.79 Å². The number of hydrogen-bond donors (Lipinski definition) is 1. The summed E-state index contributed by atoms with van der Waals surface area (Å²) in [6.07, 6.45) is 0. The fourth-order valence-electron chi connectivity index (χ4n) is 3.43. The molecule has 1 heterocycles. The van der Waals surface area contributed by atoms with Crippen LogP contribution in [0.25, 0.3) is 0 Å². The van der Waals surface area contributed by atoms with Crippen molar-refractivity contribution < 1.29 is 4.79 Å². The number of amides is 1. The maximum Gasteiger partial charge on any atom is 0.238 e. The molecule has 1 aliphatic heterocycles. The number of nitrogens with zero attached hydrogens (tertiary/aromatic N) is 2. The molecule has 5 heteroatoms. The Bertz CT molecular complexity index is 798. The summed E-state index contributed by atoms with van der Waals surface area (Å²) in [5.41, 5.74) is 5.89. The van der Waals surface area contributed by atoms with Crippen LogP contribution >= 0.6 is 15.9 Å². The molecule has 2 aromatic carbocycles. The third-order valence-electron chi connectivity index (χ3n) is 4.87. The standard InChI is InChI=1S/C21H26BrN3O/c1-15-4-7-20(17(3)12-15)25-10-8-24(9-11-25)14-21(26)23-18-5-6-19(22)16(2)13-18/h4-7,12-13H,8-11,14H2,1-3H3,(H,23,26). The highest BCUT2D eigenvalue weighted by Gasteiger charge is 2.20. The molecule has 2 aromatic rings. The Morgan fingerprint density at radius 2 is 1.73 bits per heavy atom. The van der Waals surface area contributed by atoms with Gasteiger partial charge in [-0.1, -0.05) is 33.6 Å². The second kappa shape index (κ2) is 8.23. The summed E-state index contributed by atoms with van der Waals surface area (Å²) < 4.78 is 1.05. The molecule has 1 N–H and O–H groups in total. The summed E-state index contributed by atoms with van der Waals surface area (Å²) in [5, 5.41) is 3.00. The van der Waals surface area contributed by atoms with Gasteiger partial charge in [0.2, 0.25) is 5.91 Å². The Kier molecular flexibility index (Phi) is 5.99. The highest BCUT2D eigenvalue weighted by molar-refractivity contribution is 9.10. The number of anilines is 2. The van der Waals surface area contributed by atoms with Crippen LogP contribution in [0.4, 0.5) is 11.4 Å². The number of halogens is 1. The summed E-state index contributed by atoms with van der Waals surface area (Å²) in [5.74, 6) is 0.0479. The lowest BCUT2D eigenvalue weighted by atomic mass is 10.1. The van der Waals surface area contributed by atoms with Crippen molar-refractivity contribution in [2.24, 2.45) is 0 Å². The second-order valence-electron chi connectivity index (χ2n) is 7.07. The first kappa shape index (κ1) is 18.9. The first-order valence-corrected chi connectivity index (χ1v) is 9.82. The molecule has 1 saturated heterocycles. The minimum atomic E-state index is 0.0479. The molecule has 0 spiro atoms. The van der Waals surface area contributed by atoms with Gasteiger partial charge >= 0.3 is 0 Å². The average molecular weight is 416 g/mol. The van der Waals surface area contributed by atoms with Crippen LogP contribution in [0.3, 0.4) is 0 Å². The van der Waals surface area contributed by atoms with Crippen molar-refractivity contribution in [2.45, 2.75) is 20.8 Å². The van der Waals surface area contributed by atoms with E-state index in [0.29, 0.717) is 6.54 Å². The molecule has 1 amide bonds. The van der Waals surface area contributed by atoms with Gasteiger partial charge in [0.15, 0.2) is 0 Å². The van der Waals surface area contributed by atoms with Crippen LogP contribution in [0.15, 0.2) is 40.9 Å². The van der Waals surface area contributed by atoms with Gasteiger partial charge in [0.25, 0.3) is 0 Å². The number of aryl methyl sites for hydroxylation is 3. The van der Waals surface area contributed by atoms with E-state index in [4.69, 9.17) is 0 Å². The molecule has 4 nitrogen and oxygen atoms in total. The largest absolute Gasteiger partial charge is 0.369 e. The first-order valence-electron chi connectivity index (χ1n) is 9.03. The van der Waals surface area contributed by atoms with Gasteiger partial charge in [-0.2, -0.15) is 0 Å². The number of benzene rings is 2. The van der Waals surface area contributed by atoms with Gasteiger partial charge < -0.3 is 10.2 Å². The van der Waals surface area contributed by atoms with Crippen LogP contribution in [0.2, 0.25) is 0 Å². The van der Waals surface area contributed by atoms with Gasteiger partial charge in [-0.05, 0) is 56.2 Å². The molecule has 1 fully saturated rings. The molecule has 138 valence electrons. The summed E-state index contributed by atoms with van der Waals surface area (Å²) in [6.45, 7) is 10.5. The molecule has 0 unspecified atom stereocenters. The summed E-state index contributed by atoms with van der Waals surface area (Å²) in [7, 11) is 0. The molecule has 3 rings (SSSR count). The van der Waals surface area contributed by atoms with Gasteiger partial charge in [-0.3, -0.25) is 9.69 Å². The Morgan fingerprint density at radius 1 is 1.00 bits per heavy atom. The second-order valence-corrected chi connectivity index (χ2v) is 7.92. The van der Waals surface area contributed by atoms with Crippen LogP contribution in [0.5, 0.6) is 0 Å². The maximum atomic E-state index is 12.3. The molecule has 0 bridgehead atoms. The fourth-order valence-corrected chi connectivity index (χ4v) is 3.68. The van der Waals surface area contributed by atoms with E-state index in [1.165, 1.54) is 16.8 Å². The molecule has 0 atom stereocenters. The van der Waals surface area contributed by atoms with Crippen molar-refractivity contribution in [3.8, 4) is 0 Å². The quantitative estimate of drug-likeness (QED) is 0.814. The highest BCUT2D eigenvalue weighted by Crippen LogP contribution is 2.23. The van der Waals surface area contributed by atoms with E-state index >= 15 is 0 Å². The zero-order chi connectivity index (χ0) is 18.7. The lowest BCUT2D eigenvalue weighted by Gasteiger charge is -2.36. The third-order valence-corrected chi connectivity index (χ3v) is 5.76. The summed E-state index contributed by atoms with van der Waals surface area (Å²) in [4.78, 5) is 17.0. The molecule has 0 aliphatic carbocycles.